The molecule has 1 aromatic carbocycles. The third kappa shape index (κ3) is 4.87. The molecule has 3 nitrogen and oxygen atoms in total. The molecular formula is C15H20F2N2O. The fraction of sp³-hybridized carbons (Fsp3) is 0.533. The van der Waals surface area contributed by atoms with Crippen molar-refractivity contribution in [3.8, 4) is 6.07 Å². The van der Waals surface area contributed by atoms with Crippen molar-refractivity contribution in [3.63, 3.8) is 0 Å². The lowest BCUT2D eigenvalue weighted by molar-refractivity contribution is 0.0118. The maximum absolute atomic E-state index is 12.1. The van der Waals surface area contributed by atoms with Gasteiger partial charge in [-0.25, -0.2) is 8.78 Å². The van der Waals surface area contributed by atoms with E-state index in [0.717, 1.165) is 12.0 Å². The molecule has 0 aliphatic rings. The summed E-state index contributed by atoms with van der Waals surface area (Å²) in [7, 11) is 0. The molecule has 0 saturated carbocycles. The van der Waals surface area contributed by atoms with E-state index in [4.69, 9.17) is 4.74 Å². The van der Waals surface area contributed by atoms with Gasteiger partial charge in [0.2, 0.25) is 0 Å². The predicted molar refractivity (Wildman–Crippen MR) is 73.5 cm³/mol. The normalized spacial score (nSPS) is 13.9. The summed E-state index contributed by atoms with van der Waals surface area (Å²) in [5.74, 6) is 0. The number of ether oxygens (including phenoxy) is 1. The van der Waals surface area contributed by atoms with Crippen molar-refractivity contribution in [2.45, 2.75) is 31.7 Å². The molecule has 0 saturated heterocycles. The molecule has 0 aliphatic heterocycles. The Bertz CT molecular complexity index is 420. The van der Waals surface area contributed by atoms with Crippen LogP contribution in [0.3, 0.4) is 0 Å². The number of nitriles is 1. The fourth-order valence-electron chi connectivity index (χ4n) is 1.95. The van der Waals surface area contributed by atoms with Crippen molar-refractivity contribution >= 4 is 0 Å². The van der Waals surface area contributed by atoms with E-state index in [2.05, 4.69) is 11.4 Å². The first kappa shape index (κ1) is 16.5. The van der Waals surface area contributed by atoms with Gasteiger partial charge in [-0.05, 0) is 18.5 Å². The van der Waals surface area contributed by atoms with E-state index in [0.29, 0.717) is 13.0 Å². The van der Waals surface area contributed by atoms with Crippen molar-refractivity contribution in [3.05, 3.63) is 35.9 Å². The van der Waals surface area contributed by atoms with E-state index in [1.165, 1.54) is 0 Å². The van der Waals surface area contributed by atoms with E-state index in [1.54, 1.807) is 0 Å². The average molecular weight is 282 g/mol. The summed E-state index contributed by atoms with van der Waals surface area (Å²) >= 11 is 0. The maximum atomic E-state index is 12.1. The lowest BCUT2D eigenvalue weighted by atomic mass is 9.88. The van der Waals surface area contributed by atoms with Gasteiger partial charge < -0.3 is 4.74 Å². The van der Waals surface area contributed by atoms with Gasteiger partial charge >= 0.3 is 0 Å². The van der Waals surface area contributed by atoms with Crippen LogP contribution in [-0.2, 0) is 10.3 Å². The van der Waals surface area contributed by atoms with Crippen LogP contribution in [-0.4, -0.2) is 26.2 Å². The lowest BCUT2D eigenvalue weighted by Gasteiger charge is -2.28. The van der Waals surface area contributed by atoms with Crippen LogP contribution < -0.4 is 5.32 Å². The summed E-state index contributed by atoms with van der Waals surface area (Å²) in [6, 6.07) is 11.6. The van der Waals surface area contributed by atoms with Crippen LogP contribution in [0.15, 0.2) is 30.3 Å². The molecule has 5 heteroatoms. The highest BCUT2D eigenvalue weighted by atomic mass is 19.3. The number of halogens is 2. The first-order chi connectivity index (χ1) is 9.64. The molecular weight excluding hydrogens is 262 g/mol. The number of nitrogens with one attached hydrogen (secondary N) is 1. The molecule has 1 aromatic rings. The van der Waals surface area contributed by atoms with E-state index < -0.39 is 18.6 Å². The Morgan fingerprint density at radius 1 is 1.35 bits per heavy atom. The Kier molecular flexibility index (Phi) is 7.13. The van der Waals surface area contributed by atoms with E-state index in [-0.39, 0.29) is 6.61 Å². The summed E-state index contributed by atoms with van der Waals surface area (Å²) in [6.07, 6.45) is -1.26. The predicted octanol–water partition coefficient (Wildman–Crippen LogP) is 3.08. The molecule has 1 atom stereocenters. The Morgan fingerprint density at radius 2 is 2.05 bits per heavy atom. The molecule has 20 heavy (non-hydrogen) atoms. The quantitative estimate of drug-likeness (QED) is 0.708. The molecule has 0 spiro atoms. The Balaban J connectivity index is 2.76. The maximum Gasteiger partial charge on any atom is 0.261 e. The van der Waals surface area contributed by atoms with Gasteiger partial charge in [-0.2, -0.15) is 5.26 Å². The van der Waals surface area contributed by atoms with Gasteiger partial charge in [-0.3, -0.25) is 5.32 Å². The highest BCUT2D eigenvalue weighted by molar-refractivity contribution is 5.31. The topological polar surface area (TPSA) is 45.0 Å². The Hall–Kier alpha value is -1.51. The minimum atomic E-state index is -2.48. The molecule has 1 N–H and O–H groups in total. The number of alkyl halides is 2. The second-order valence-electron chi connectivity index (χ2n) is 4.53. The van der Waals surface area contributed by atoms with Crippen LogP contribution in [0.5, 0.6) is 0 Å². The number of benzene rings is 1. The van der Waals surface area contributed by atoms with Crippen molar-refractivity contribution < 1.29 is 13.5 Å². The summed E-state index contributed by atoms with van der Waals surface area (Å²) in [5.41, 5.74) is -0.0593. The van der Waals surface area contributed by atoms with Crippen molar-refractivity contribution in [1.29, 1.82) is 5.26 Å². The summed E-state index contributed by atoms with van der Waals surface area (Å²) in [6.45, 7) is 2.21. The zero-order chi connectivity index (χ0) is 14.8. The summed E-state index contributed by atoms with van der Waals surface area (Å²) in [4.78, 5) is 0. The Morgan fingerprint density at radius 3 is 2.60 bits per heavy atom. The third-order valence-electron chi connectivity index (χ3n) is 3.00. The standard InChI is InChI=1S/C15H20F2N2O/c1-2-9-19-15(12-18,8-10-20-11-14(16)17)13-6-4-3-5-7-13/h3-7,14,19H,2,8-11H2,1H3. The van der Waals surface area contributed by atoms with Crippen molar-refractivity contribution in [2.75, 3.05) is 19.8 Å². The summed E-state index contributed by atoms with van der Waals surface area (Å²) < 4.78 is 29.0. The van der Waals surface area contributed by atoms with Gasteiger partial charge in [0.1, 0.15) is 12.1 Å². The molecule has 0 fully saturated rings. The van der Waals surface area contributed by atoms with Crippen molar-refractivity contribution in [1.82, 2.24) is 5.32 Å². The van der Waals surface area contributed by atoms with Gasteiger partial charge in [0.25, 0.3) is 6.43 Å². The van der Waals surface area contributed by atoms with Gasteiger partial charge in [-0.1, -0.05) is 37.3 Å². The number of hydrogen-bond acceptors (Lipinski definition) is 3. The van der Waals surface area contributed by atoms with E-state index in [1.807, 2.05) is 37.3 Å². The molecule has 1 rings (SSSR count). The van der Waals surface area contributed by atoms with Crippen LogP contribution in [0, 0.1) is 11.3 Å². The van der Waals surface area contributed by atoms with Crippen molar-refractivity contribution in [2.24, 2.45) is 0 Å². The highest BCUT2D eigenvalue weighted by Gasteiger charge is 2.31. The van der Waals surface area contributed by atoms with Gasteiger partial charge in [0, 0.05) is 13.0 Å². The zero-order valence-electron chi connectivity index (χ0n) is 11.6. The molecule has 1 unspecified atom stereocenters. The number of nitrogens with zero attached hydrogens (tertiary/aromatic N) is 1. The largest absolute Gasteiger partial charge is 0.375 e. The van der Waals surface area contributed by atoms with Gasteiger partial charge in [0.15, 0.2) is 0 Å². The van der Waals surface area contributed by atoms with Crippen LogP contribution in [0.25, 0.3) is 0 Å². The van der Waals surface area contributed by atoms with E-state index >= 15 is 0 Å². The molecule has 0 radical (unpaired) electrons. The minimum absolute atomic E-state index is 0.115. The zero-order valence-corrected chi connectivity index (χ0v) is 11.6. The molecule has 0 amide bonds. The molecule has 110 valence electrons. The first-order valence-electron chi connectivity index (χ1n) is 6.72. The Labute approximate surface area is 118 Å². The van der Waals surface area contributed by atoms with E-state index in [9.17, 15) is 14.0 Å². The lowest BCUT2D eigenvalue weighted by Crippen LogP contribution is -2.42. The average Bonchev–Trinajstić information content (AvgIpc) is 2.48. The second-order valence-corrected chi connectivity index (χ2v) is 4.53. The monoisotopic (exact) mass is 282 g/mol. The minimum Gasteiger partial charge on any atom is -0.375 e. The van der Waals surface area contributed by atoms with Crippen LogP contribution in [0.4, 0.5) is 8.78 Å². The molecule has 0 heterocycles. The van der Waals surface area contributed by atoms with Crippen LogP contribution in [0.1, 0.15) is 25.3 Å². The van der Waals surface area contributed by atoms with Gasteiger partial charge in [-0.15, -0.1) is 0 Å². The number of rotatable bonds is 9. The SMILES string of the molecule is CCCNC(C#N)(CCOCC(F)F)c1ccccc1. The van der Waals surface area contributed by atoms with Crippen LogP contribution >= 0.6 is 0 Å². The molecule has 0 bridgehead atoms. The summed E-state index contributed by atoms with van der Waals surface area (Å²) in [5, 5.41) is 12.8. The smallest absolute Gasteiger partial charge is 0.261 e. The molecule has 0 aromatic heterocycles. The molecule has 0 aliphatic carbocycles. The second kappa shape index (κ2) is 8.62. The highest BCUT2D eigenvalue weighted by Crippen LogP contribution is 2.24. The first-order valence-corrected chi connectivity index (χ1v) is 6.72. The third-order valence-corrected chi connectivity index (χ3v) is 3.00. The number of hydrogen-bond donors (Lipinski definition) is 1. The van der Waals surface area contributed by atoms with Gasteiger partial charge in [0.05, 0.1) is 6.07 Å². The van der Waals surface area contributed by atoms with Crippen LogP contribution in [0.2, 0.25) is 0 Å². The fourth-order valence-corrected chi connectivity index (χ4v) is 1.95.